The standard InChI is InChI=1S/C19H31F2N5.HI/c1-5-22-19(23-9-11-25(4)14(2)3)24-16-8-10-26(13-16)18-7-6-15(20)12-17(18)21;/h6-7,12,14,16H,5,8-11,13H2,1-4H3,(H2,22,23,24);1H. The molecule has 1 aromatic carbocycles. The van der Waals surface area contributed by atoms with Crippen LogP contribution in [0, 0.1) is 11.6 Å². The summed E-state index contributed by atoms with van der Waals surface area (Å²) in [7, 11) is 2.09. The number of nitrogens with zero attached hydrogens (tertiary/aromatic N) is 3. The van der Waals surface area contributed by atoms with Gasteiger partial charge in [-0.25, -0.2) is 8.78 Å². The third kappa shape index (κ3) is 7.40. The van der Waals surface area contributed by atoms with Crippen molar-refractivity contribution in [3.8, 4) is 0 Å². The summed E-state index contributed by atoms with van der Waals surface area (Å²) in [6.45, 7) is 10.2. The number of aliphatic imine (C=N–C) groups is 1. The maximum atomic E-state index is 14.0. The molecule has 2 N–H and O–H groups in total. The Labute approximate surface area is 178 Å². The third-order valence-electron chi connectivity index (χ3n) is 4.73. The maximum Gasteiger partial charge on any atom is 0.191 e. The van der Waals surface area contributed by atoms with E-state index in [1.807, 2.05) is 11.8 Å². The summed E-state index contributed by atoms with van der Waals surface area (Å²) >= 11 is 0. The molecule has 1 aliphatic rings. The van der Waals surface area contributed by atoms with Crippen molar-refractivity contribution in [3.63, 3.8) is 0 Å². The second-order valence-electron chi connectivity index (χ2n) is 7.01. The van der Waals surface area contributed by atoms with Gasteiger partial charge in [-0.05, 0) is 46.4 Å². The number of benzene rings is 1. The number of guanidine groups is 1. The average molecular weight is 495 g/mol. The van der Waals surface area contributed by atoms with Gasteiger partial charge in [-0.1, -0.05) is 0 Å². The molecule has 1 saturated heterocycles. The maximum absolute atomic E-state index is 14.0. The molecule has 1 unspecified atom stereocenters. The van der Waals surface area contributed by atoms with Crippen molar-refractivity contribution in [1.29, 1.82) is 0 Å². The van der Waals surface area contributed by atoms with Gasteiger partial charge in [-0.3, -0.25) is 4.99 Å². The number of nitrogens with one attached hydrogen (secondary N) is 2. The molecule has 1 aliphatic heterocycles. The molecular weight excluding hydrogens is 463 g/mol. The molecule has 154 valence electrons. The van der Waals surface area contributed by atoms with Gasteiger partial charge in [-0.15, -0.1) is 24.0 Å². The topological polar surface area (TPSA) is 42.9 Å². The minimum Gasteiger partial charge on any atom is -0.367 e. The van der Waals surface area contributed by atoms with Crippen LogP contribution in [0.1, 0.15) is 27.2 Å². The Morgan fingerprint density at radius 2 is 2.11 bits per heavy atom. The number of halogens is 3. The fourth-order valence-electron chi connectivity index (χ4n) is 2.93. The first kappa shape index (κ1) is 23.9. The highest BCUT2D eigenvalue weighted by Gasteiger charge is 2.25. The number of likely N-dealkylation sites (N-methyl/N-ethyl adjacent to an activating group) is 1. The summed E-state index contributed by atoms with van der Waals surface area (Å²) in [6, 6.07) is 4.42. The predicted octanol–water partition coefficient (Wildman–Crippen LogP) is 3.06. The molecule has 1 fully saturated rings. The molecule has 5 nitrogen and oxygen atoms in total. The lowest BCUT2D eigenvalue weighted by molar-refractivity contribution is 0.282. The summed E-state index contributed by atoms with van der Waals surface area (Å²) in [5.41, 5.74) is 0.455. The number of rotatable bonds is 7. The second-order valence-corrected chi connectivity index (χ2v) is 7.01. The van der Waals surface area contributed by atoms with Crippen molar-refractivity contribution < 1.29 is 8.78 Å². The minimum absolute atomic E-state index is 0. The van der Waals surface area contributed by atoms with E-state index in [4.69, 9.17) is 0 Å². The van der Waals surface area contributed by atoms with Crippen LogP contribution < -0.4 is 15.5 Å². The summed E-state index contributed by atoms with van der Waals surface area (Å²) in [5.74, 6) is -0.271. The lowest BCUT2D eigenvalue weighted by Crippen LogP contribution is -2.45. The third-order valence-corrected chi connectivity index (χ3v) is 4.73. The first-order valence-corrected chi connectivity index (χ1v) is 9.35. The molecule has 27 heavy (non-hydrogen) atoms. The minimum atomic E-state index is -0.548. The average Bonchev–Trinajstić information content (AvgIpc) is 3.03. The lowest BCUT2D eigenvalue weighted by Gasteiger charge is -2.22. The molecule has 0 radical (unpaired) electrons. The number of hydrogen-bond acceptors (Lipinski definition) is 3. The molecule has 2 rings (SSSR count). The van der Waals surface area contributed by atoms with Gasteiger partial charge in [0.05, 0.1) is 12.2 Å². The van der Waals surface area contributed by atoms with Gasteiger partial charge in [0, 0.05) is 44.3 Å². The van der Waals surface area contributed by atoms with Gasteiger partial charge in [-0.2, -0.15) is 0 Å². The Morgan fingerprint density at radius 1 is 1.37 bits per heavy atom. The molecule has 0 aliphatic carbocycles. The zero-order valence-corrected chi connectivity index (χ0v) is 19.0. The van der Waals surface area contributed by atoms with E-state index in [0.29, 0.717) is 24.8 Å². The van der Waals surface area contributed by atoms with Crippen molar-refractivity contribution in [2.75, 3.05) is 44.7 Å². The molecule has 1 atom stereocenters. The molecule has 0 bridgehead atoms. The van der Waals surface area contributed by atoms with E-state index in [2.05, 4.69) is 41.4 Å². The van der Waals surface area contributed by atoms with E-state index in [9.17, 15) is 8.78 Å². The monoisotopic (exact) mass is 495 g/mol. The van der Waals surface area contributed by atoms with E-state index < -0.39 is 11.6 Å². The Morgan fingerprint density at radius 3 is 2.74 bits per heavy atom. The van der Waals surface area contributed by atoms with Crippen LogP contribution in [0.5, 0.6) is 0 Å². The Bertz CT molecular complexity index is 612. The fraction of sp³-hybridized carbons (Fsp3) is 0.632. The smallest absolute Gasteiger partial charge is 0.191 e. The van der Waals surface area contributed by atoms with E-state index in [1.54, 1.807) is 0 Å². The summed E-state index contributed by atoms with van der Waals surface area (Å²) in [6.07, 6.45) is 0.882. The van der Waals surface area contributed by atoms with Crippen molar-refractivity contribution in [2.45, 2.75) is 39.3 Å². The molecular formula is C19H32F2IN5. The fourth-order valence-corrected chi connectivity index (χ4v) is 2.93. The van der Waals surface area contributed by atoms with Gasteiger partial charge in [0.1, 0.15) is 11.6 Å². The molecule has 1 aromatic rings. The second kappa shape index (κ2) is 11.6. The summed E-state index contributed by atoms with van der Waals surface area (Å²) < 4.78 is 27.1. The van der Waals surface area contributed by atoms with Gasteiger partial charge < -0.3 is 20.4 Å². The molecule has 0 amide bonds. The van der Waals surface area contributed by atoms with Crippen molar-refractivity contribution in [1.82, 2.24) is 15.5 Å². The van der Waals surface area contributed by atoms with E-state index in [1.165, 1.54) is 12.1 Å². The van der Waals surface area contributed by atoms with Crippen LogP contribution in [0.15, 0.2) is 23.2 Å². The van der Waals surface area contributed by atoms with Crippen molar-refractivity contribution in [3.05, 3.63) is 29.8 Å². The van der Waals surface area contributed by atoms with Crippen LogP contribution in [0.4, 0.5) is 14.5 Å². The highest BCUT2D eigenvalue weighted by molar-refractivity contribution is 14.0. The first-order valence-electron chi connectivity index (χ1n) is 9.35. The Hall–Kier alpha value is -1.16. The lowest BCUT2D eigenvalue weighted by atomic mass is 10.2. The molecule has 0 saturated carbocycles. The summed E-state index contributed by atoms with van der Waals surface area (Å²) in [4.78, 5) is 8.84. The van der Waals surface area contributed by atoms with Crippen LogP contribution in [-0.4, -0.2) is 62.7 Å². The van der Waals surface area contributed by atoms with Crippen LogP contribution >= 0.6 is 24.0 Å². The van der Waals surface area contributed by atoms with Crippen molar-refractivity contribution >= 4 is 35.6 Å². The molecule has 1 heterocycles. The van der Waals surface area contributed by atoms with Crippen LogP contribution in [0.3, 0.4) is 0 Å². The first-order chi connectivity index (χ1) is 12.4. The highest BCUT2D eigenvalue weighted by Crippen LogP contribution is 2.24. The molecule has 0 spiro atoms. The van der Waals surface area contributed by atoms with Gasteiger partial charge in [0.2, 0.25) is 0 Å². The van der Waals surface area contributed by atoms with E-state index in [0.717, 1.165) is 38.1 Å². The number of hydrogen-bond donors (Lipinski definition) is 2. The molecule has 0 aromatic heterocycles. The zero-order valence-electron chi connectivity index (χ0n) is 16.6. The van der Waals surface area contributed by atoms with Crippen LogP contribution in [0.2, 0.25) is 0 Å². The van der Waals surface area contributed by atoms with Crippen LogP contribution in [-0.2, 0) is 0 Å². The van der Waals surface area contributed by atoms with E-state index >= 15 is 0 Å². The normalized spacial score (nSPS) is 17.4. The van der Waals surface area contributed by atoms with Gasteiger partial charge in [0.25, 0.3) is 0 Å². The zero-order chi connectivity index (χ0) is 19.1. The largest absolute Gasteiger partial charge is 0.367 e. The quantitative estimate of drug-likeness (QED) is 0.347. The predicted molar refractivity (Wildman–Crippen MR) is 119 cm³/mol. The van der Waals surface area contributed by atoms with Gasteiger partial charge in [0.15, 0.2) is 5.96 Å². The molecule has 8 heteroatoms. The Balaban J connectivity index is 0.00000364. The van der Waals surface area contributed by atoms with Crippen LogP contribution in [0.25, 0.3) is 0 Å². The Kier molecular flexibility index (Phi) is 10.3. The van der Waals surface area contributed by atoms with Crippen molar-refractivity contribution in [2.24, 2.45) is 4.99 Å². The summed E-state index contributed by atoms with van der Waals surface area (Å²) in [5, 5.41) is 6.70. The highest BCUT2D eigenvalue weighted by atomic mass is 127. The SMILES string of the molecule is CCNC(=NCCN(C)C(C)C)NC1CCN(c2ccc(F)cc2F)C1.I. The van der Waals surface area contributed by atoms with E-state index in [-0.39, 0.29) is 30.0 Å². The number of anilines is 1. The van der Waals surface area contributed by atoms with Gasteiger partial charge >= 0.3 is 0 Å².